The Morgan fingerprint density at radius 1 is 1.08 bits per heavy atom. The largest absolute Gasteiger partial charge is 0.370 e. The van der Waals surface area contributed by atoms with Gasteiger partial charge in [0.25, 0.3) is 0 Å². The number of nitrogens with zero attached hydrogens (tertiary/aromatic N) is 1. The molecule has 1 atom stereocenters. The van der Waals surface area contributed by atoms with Gasteiger partial charge in [0, 0.05) is 23.9 Å². The molecule has 0 aliphatic rings. The van der Waals surface area contributed by atoms with Crippen molar-refractivity contribution in [3.63, 3.8) is 0 Å². The molecule has 0 radical (unpaired) electrons. The summed E-state index contributed by atoms with van der Waals surface area (Å²) in [5.41, 5.74) is 10.1. The first-order chi connectivity index (χ1) is 12.4. The van der Waals surface area contributed by atoms with Crippen LogP contribution in [0, 0.1) is 0 Å². The fourth-order valence-electron chi connectivity index (χ4n) is 3.28. The van der Waals surface area contributed by atoms with Gasteiger partial charge in [-0.25, -0.2) is 0 Å². The highest BCUT2D eigenvalue weighted by Gasteiger charge is 2.21. The van der Waals surface area contributed by atoms with E-state index in [1.165, 1.54) is 5.56 Å². The molecule has 0 saturated carbocycles. The maximum atomic E-state index is 11.7. The molecular weight excluding hydrogens is 320 g/mol. The zero-order chi connectivity index (χ0) is 18.7. The van der Waals surface area contributed by atoms with Crippen LogP contribution in [0.15, 0.2) is 60.8 Å². The molecule has 2 N–H and O–H groups in total. The lowest BCUT2D eigenvalue weighted by atomic mass is 9.80. The van der Waals surface area contributed by atoms with Crippen molar-refractivity contribution in [2.24, 2.45) is 5.73 Å². The SMILES string of the molecule is CCC(C)(C)c1ccc(C(CC(N)=O)c2cnc3ccccc3c2)cc1. The highest BCUT2D eigenvalue weighted by Crippen LogP contribution is 2.32. The van der Waals surface area contributed by atoms with Crippen LogP contribution in [0.25, 0.3) is 10.9 Å². The van der Waals surface area contributed by atoms with Crippen LogP contribution in [0.5, 0.6) is 0 Å². The van der Waals surface area contributed by atoms with Crippen molar-refractivity contribution >= 4 is 16.8 Å². The summed E-state index contributed by atoms with van der Waals surface area (Å²) >= 11 is 0. The number of primary amides is 1. The van der Waals surface area contributed by atoms with E-state index < -0.39 is 0 Å². The number of fused-ring (bicyclic) bond motifs is 1. The number of nitrogens with two attached hydrogens (primary N) is 1. The first kappa shape index (κ1) is 18.1. The summed E-state index contributed by atoms with van der Waals surface area (Å²) in [6.45, 7) is 6.69. The summed E-state index contributed by atoms with van der Waals surface area (Å²) in [7, 11) is 0. The molecule has 0 aliphatic heterocycles. The third-order valence-corrected chi connectivity index (χ3v) is 5.40. The fourth-order valence-corrected chi connectivity index (χ4v) is 3.28. The normalized spacial score (nSPS) is 12.9. The number of hydrogen-bond acceptors (Lipinski definition) is 2. The number of aromatic nitrogens is 1. The molecule has 3 nitrogen and oxygen atoms in total. The molecule has 3 aromatic rings. The Bertz CT molecular complexity index is 913. The standard InChI is InChI=1S/C23H26N2O/c1-4-23(2,3)19-11-9-16(10-12-19)20(14-22(24)26)18-13-17-7-5-6-8-21(17)25-15-18/h5-13,15,20H,4,14H2,1-3H3,(H2,24,26). The molecule has 0 spiro atoms. The van der Waals surface area contributed by atoms with Crippen molar-refractivity contribution < 1.29 is 4.79 Å². The van der Waals surface area contributed by atoms with Gasteiger partial charge in [0.2, 0.25) is 5.91 Å². The number of para-hydroxylation sites is 1. The lowest BCUT2D eigenvalue weighted by molar-refractivity contribution is -0.118. The van der Waals surface area contributed by atoms with E-state index >= 15 is 0 Å². The number of rotatable bonds is 6. The molecular formula is C23H26N2O. The molecule has 26 heavy (non-hydrogen) atoms. The minimum absolute atomic E-state index is 0.0802. The smallest absolute Gasteiger partial charge is 0.218 e. The number of carbonyl (C=O) groups excluding carboxylic acids is 1. The van der Waals surface area contributed by atoms with Crippen molar-refractivity contribution in [1.82, 2.24) is 4.98 Å². The summed E-state index contributed by atoms with van der Waals surface area (Å²) in [5.74, 6) is -0.385. The first-order valence-corrected chi connectivity index (χ1v) is 9.14. The van der Waals surface area contributed by atoms with Gasteiger partial charge in [-0.2, -0.15) is 0 Å². The van der Waals surface area contributed by atoms with Crippen molar-refractivity contribution in [1.29, 1.82) is 0 Å². The van der Waals surface area contributed by atoms with Crippen LogP contribution in [-0.4, -0.2) is 10.9 Å². The van der Waals surface area contributed by atoms with E-state index in [4.69, 9.17) is 5.73 Å². The van der Waals surface area contributed by atoms with E-state index in [-0.39, 0.29) is 23.7 Å². The zero-order valence-corrected chi connectivity index (χ0v) is 15.7. The van der Waals surface area contributed by atoms with E-state index in [1.54, 1.807) is 0 Å². The second-order valence-corrected chi connectivity index (χ2v) is 7.54. The molecule has 3 rings (SSSR count). The molecule has 134 valence electrons. The van der Waals surface area contributed by atoms with Crippen molar-refractivity contribution in [3.05, 3.63) is 77.5 Å². The van der Waals surface area contributed by atoms with Gasteiger partial charge < -0.3 is 5.73 Å². The van der Waals surface area contributed by atoms with E-state index in [0.717, 1.165) is 28.5 Å². The fraction of sp³-hybridized carbons (Fsp3) is 0.304. The summed E-state index contributed by atoms with van der Waals surface area (Å²) in [6.07, 6.45) is 3.21. The van der Waals surface area contributed by atoms with E-state index in [0.29, 0.717) is 0 Å². The van der Waals surface area contributed by atoms with Gasteiger partial charge in [0.15, 0.2) is 0 Å². The van der Waals surface area contributed by atoms with Gasteiger partial charge in [-0.1, -0.05) is 63.2 Å². The Labute approximate surface area is 155 Å². The lowest BCUT2D eigenvalue weighted by Gasteiger charge is -2.24. The first-order valence-electron chi connectivity index (χ1n) is 9.14. The van der Waals surface area contributed by atoms with E-state index in [1.807, 2.05) is 30.5 Å². The van der Waals surface area contributed by atoms with Crippen LogP contribution in [-0.2, 0) is 10.2 Å². The van der Waals surface area contributed by atoms with Crippen LogP contribution in [0.3, 0.4) is 0 Å². The molecule has 1 heterocycles. The Morgan fingerprint density at radius 3 is 2.42 bits per heavy atom. The van der Waals surface area contributed by atoms with E-state index in [2.05, 4.69) is 56.1 Å². The maximum Gasteiger partial charge on any atom is 0.218 e. The number of hydrogen-bond donors (Lipinski definition) is 1. The average Bonchev–Trinajstić information content (AvgIpc) is 2.65. The van der Waals surface area contributed by atoms with Gasteiger partial charge in [-0.05, 0) is 40.7 Å². The molecule has 0 saturated heterocycles. The summed E-state index contributed by atoms with van der Waals surface area (Å²) in [6, 6.07) is 18.7. The van der Waals surface area contributed by atoms with Crippen LogP contribution >= 0.6 is 0 Å². The third-order valence-electron chi connectivity index (χ3n) is 5.40. The predicted molar refractivity (Wildman–Crippen MR) is 107 cm³/mol. The minimum atomic E-state index is -0.305. The highest BCUT2D eigenvalue weighted by molar-refractivity contribution is 5.80. The number of carbonyl (C=O) groups is 1. The Hall–Kier alpha value is -2.68. The molecule has 2 aromatic carbocycles. The topological polar surface area (TPSA) is 56.0 Å². The van der Waals surface area contributed by atoms with Crippen LogP contribution in [0.2, 0.25) is 0 Å². The van der Waals surface area contributed by atoms with Gasteiger partial charge >= 0.3 is 0 Å². The average molecular weight is 346 g/mol. The monoisotopic (exact) mass is 346 g/mol. The maximum absolute atomic E-state index is 11.7. The molecule has 1 unspecified atom stereocenters. The van der Waals surface area contributed by atoms with Crippen LogP contribution in [0.1, 0.15) is 56.2 Å². The van der Waals surface area contributed by atoms with Crippen LogP contribution in [0.4, 0.5) is 0 Å². The second kappa shape index (κ2) is 7.28. The number of pyridine rings is 1. The summed E-state index contributed by atoms with van der Waals surface area (Å²) in [4.78, 5) is 16.2. The minimum Gasteiger partial charge on any atom is -0.370 e. The van der Waals surface area contributed by atoms with Crippen LogP contribution < -0.4 is 5.73 Å². The third kappa shape index (κ3) is 3.77. The number of benzene rings is 2. The molecule has 0 aliphatic carbocycles. The molecule has 0 bridgehead atoms. The zero-order valence-electron chi connectivity index (χ0n) is 15.7. The Kier molecular flexibility index (Phi) is 5.08. The number of amides is 1. The van der Waals surface area contributed by atoms with Crippen molar-refractivity contribution in [2.75, 3.05) is 0 Å². The molecule has 3 heteroatoms. The second-order valence-electron chi connectivity index (χ2n) is 7.54. The quantitative estimate of drug-likeness (QED) is 0.688. The Balaban J connectivity index is 2.01. The molecule has 0 fully saturated rings. The molecule has 1 aromatic heterocycles. The highest BCUT2D eigenvalue weighted by atomic mass is 16.1. The summed E-state index contributed by atoms with van der Waals surface area (Å²) in [5, 5.41) is 1.07. The molecule has 1 amide bonds. The lowest BCUT2D eigenvalue weighted by Crippen LogP contribution is -2.17. The van der Waals surface area contributed by atoms with Gasteiger partial charge in [-0.3, -0.25) is 9.78 Å². The summed E-state index contributed by atoms with van der Waals surface area (Å²) < 4.78 is 0. The van der Waals surface area contributed by atoms with Gasteiger partial charge in [0.05, 0.1) is 5.52 Å². The van der Waals surface area contributed by atoms with E-state index in [9.17, 15) is 4.79 Å². The van der Waals surface area contributed by atoms with Crippen molar-refractivity contribution in [3.8, 4) is 0 Å². The predicted octanol–water partition coefficient (Wildman–Crippen LogP) is 4.93. The Morgan fingerprint density at radius 2 is 1.77 bits per heavy atom. The van der Waals surface area contributed by atoms with Gasteiger partial charge in [0.1, 0.15) is 0 Å². The van der Waals surface area contributed by atoms with Gasteiger partial charge in [-0.15, -0.1) is 0 Å². The van der Waals surface area contributed by atoms with Crippen molar-refractivity contribution in [2.45, 2.75) is 44.9 Å².